The predicted octanol–water partition coefficient (Wildman–Crippen LogP) is 2.12. The van der Waals surface area contributed by atoms with Crippen LogP contribution in [0.5, 0.6) is 0 Å². The summed E-state index contributed by atoms with van der Waals surface area (Å²) in [6.45, 7) is 5.67. The minimum Gasteiger partial charge on any atom is -0.480 e. The lowest BCUT2D eigenvalue weighted by atomic mass is 9.92. The number of aryl methyl sites for hydroxylation is 1. The number of fused-ring (bicyclic) bond motifs is 1. The van der Waals surface area contributed by atoms with Gasteiger partial charge in [0.1, 0.15) is 11.9 Å². The number of piperidine rings is 1. The number of aromatic nitrogens is 2. The summed E-state index contributed by atoms with van der Waals surface area (Å²) in [5.41, 5.74) is 1.11. The molecule has 5 heteroatoms. The van der Waals surface area contributed by atoms with Gasteiger partial charge in [0.15, 0.2) is 0 Å². The Balaban J connectivity index is 1.72. The Morgan fingerprint density at radius 2 is 2.14 bits per heavy atom. The molecule has 0 aromatic carbocycles. The van der Waals surface area contributed by atoms with E-state index in [4.69, 9.17) is 0 Å². The van der Waals surface area contributed by atoms with Crippen molar-refractivity contribution in [2.24, 2.45) is 5.92 Å². The lowest BCUT2D eigenvalue weighted by Gasteiger charge is -2.31. The highest BCUT2D eigenvalue weighted by molar-refractivity contribution is 5.72. The van der Waals surface area contributed by atoms with Crippen molar-refractivity contribution in [2.75, 3.05) is 19.6 Å². The number of carbonyl (C=O) groups is 1. The predicted molar refractivity (Wildman–Crippen MR) is 80.4 cm³/mol. The van der Waals surface area contributed by atoms with Crippen LogP contribution in [0.4, 0.5) is 0 Å². The number of aliphatic carboxylic acids is 1. The van der Waals surface area contributed by atoms with E-state index in [0.717, 1.165) is 56.8 Å². The molecule has 2 aliphatic rings. The van der Waals surface area contributed by atoms with Crippen LogP contribution < -0.4 is 0 Å². The number of carboxylic acid groups (broad SMARTS) is 1. The van der Waals surface area contributed by atoms with Gasteiger partial charge in [-0.1, -0.05) is 6.92 Å². The van der Waals surface area contributed by atoms with E-state index in [9.17, 15) is 9.90 Å². The third-order valence-electron chi connectivity index (χ3n) is 5.08. The van der Waals surface area contributed by atoms with Crippen molar-refractivity contribution in [3.8, 4) is 0 Å². The summed E-state index contributed by atoms with van der Waals surface area (Å²) in [4.78, 5) is 18.5. The van der Waals surface area contributed by atoms with Crippen LogP contribution >= 0.6 is 0 Å². The van der Waals surface area contributed by atoms with Crippen molar-refractivity contribution >= 4 is 5.97 Å². The van der Waals surface area contributed by atoms with E-state index in [-0.39, 0.29) is 0 Å². The Kier molecular flexibility index (Phi) is 4.29. The fourth-order valence-corrected chi connectivity index (χ4v) is 3.76. The summed E-state index contributed by atoms with van der Waals surface area (Å²) >= 11 is 0. The monoisotopic (exact) mass is 291 g/mol. The minimum atomic E-state index is -0.712. The number of imidazole rings is 1. The van der Waals surface area contributed by atoms with E-state index in [1.54, 1.807) is 0 Å². The van der Waals surface area contributed by atoms with Crippen LogP contribution in [-0.2, 0) is 17.6 Å². The van der Waals surface area contributed by atoms with Crippen molar-refractivity contribution in [3.05, 3.63) is 17.7 Å². The third-order valence-corrected chi connectivity index (χ3v) is 5.08. The first-order chi connectivity index (χ1) is 10.2. The van der Waals surface area contributed by atoms with Gasteiger partial charge in [-0.05, 0) is 57.7 Å². The zero-order chi connectivity index (χ0) is 14.8. The van der Waals surface area contributed by atoms with Crippen LogP contribution in [-0.4, -0.2) is 45.2 Å². The maximum Gasteiger partial charge on any atom is 0.326 e. The highest BCUT2D eigenvalue weighted by Gasteiger charge is 2.29. The topological polar surface area (TPSA) is 58.4 Å². The van der Waals surface area contributed by atoms with Gasteiger partial charge in [0.2, 0.25) is 0 Å². The first-order valence-electron chi connectivity index (χ1n) is 8.19. The first-order valence-corrected chi connectivity index (χ1v) is 8.19. The summed E-state index contributed by atoms with van der Waals surface area (Å²) in [7, 11) is 0. The van der Waals surface area contributed by atoms with Gasteiger partial charge in [-0.2, -0.15) is 0 Å². The number of likely N-dealkylation sites (tertiary alicyclic amines) is 1. The average Bonchev–Trinajstić information content (AvgIpc) is 2.91. The maximum atomic E-state index is 11.5. The van der Waals surface area contributed by atoms with Crippen LogP contribution in [0.1, 0.15) is 50.2 Å². The fraction of sp³-hybridized carbons (Fsp3) is 0.750. The van der Waals surface area contributed by atoms with Crippen molar-refractivity contribution in [3.63, 3.8) is 0 Å². The molecule has 1 aromatic heterocycles. The third kappa shape index (κ3) is 2.98. The molecule has 3 rings (SSSR count). The highest BCUT2D eigenvalue weighted by atomic mass is 16.4. The molecule has 2 aliphatic heterocycles. The first kappa shape index (κ1) is 14.6. The maximum absolute atomic E-state index is 11.5. The van der Waals surface area contributed by atoms with Gasteiger partial charge >= 0.3 is 5.97 Å². The Hall–Kier alpha value is -1.36. The molecule has 21 heavy (non-hydrogen) atoms. The van der Waals surface area contributed by atoms with Gasteiger partial charge in [0.05, 0.1) is 0 Å². The van der Waals surface area contributed by atoms with E-state index >= 15 is 0 Å². The highest BCUT2D eigenvalue weighted by Crippen LogP contribution is 2.29. The molecule has 0 amide bonds. The lowest BCUT2D eigenvalue weighted by molar-refractivity contribution is -0.141. The second-order valence-electron chi connectivity index (χ2n) is 6.36. The molecule has 5 nitrogen and oxygen atoms in total. The van der Waals surface area contributed by atoms with E-state index in [1.165, 1.54) is 12.8 Å². The van der Waals surface area contributed by atoms with Gasteiger partial charge in [0, 0.05) is 18.3 Å². The molecule has 0 spiro atoms. The molecular formula is C16H25N3O2. The van der Waals surface area contributed by atoms with E-state index in [1.807, 2.05) is 10.8 Å². The molecule has 3 heterocycles. The SMILES string of the molecule is CCN1CCC(Cc2ncc3n2C(C(=O)O)CCC3)CC1. The van der Waals surface area contributed by atoms with E-state index < -0.39 is 12.0 Å². The fourth-order valence-electron chi connectivity index (χ4n) is 3.76. The molecule has 1 atom stereocenters. The van der Waals surface area contributed by atoms with Gasteiger partial charge < -0.3 is 14.6 Å². The van der Waals surface area contributed by atoms with Crippen LogP contribution in [0.15, 0.2) is 6.20 Å². The minimum absolute atomic E-state index is 0.401. The summed E-state index contributed by atoms with van der Waals surface area (Å²) in [5, 5.41) is 9.45. The zero-order valence-corrected chi connectivity index (χ0v) is 12.8. The largest absolute Gasteiger partial charge is 0.480 e. The smallest absolute Gasteiger partial charge is 0.326 e. The van der Waals surface area contributed by atoms with Crippen molar-refractivity contribution in [1.29, 1.82) is 0 Å². The summed E-state index contributed by atoms with van der Waals surface area (Å²) < 4.78 is 2.01. The van der Waals surface area contributed by atoms with Crippen molar-refractivity contribution in [2.45, 2.75) is 51.5 Å². The Morgan fingerprint density at radius 3 is 2.81 bits per heavy atom. The van der Waals surface area contributed by atoms with Crippen molar-refractivity contribution in [1.82, 2.24) is 14.5 Å². The summed E-state index contributed by atoms with van der Waals surface area (Å²) in [6, 6.07) is -0.401. The summed E-state index contributed by atoms with van der Waals surface area (Å²) in [6.07, 6.45) is 7.89. The Bertz CT molecular complexity index is 504. The molecule has 1 saturated heterocycles. The lowest BCUT2D eigenvalue weighted by Crippen LogP contribution is -2.34. The molecule has 0 radical (unpaired) electrons. The van der Waals surface area contributed by atoms with Crippen LogP contribution in [0.25, 0.3) is 0 Å². The Morgan fingerprint density at radius 1 is 1.38 bits per heavy atom. The molecule has 1 fully saturated rings. The molecule has 0 bridgehead atoms. The quantitative estimate of drug-likeness (QED) is 0.923. The average molecular weight is 291 g/mol. The van der Waals surface area contributed by atoms with Crippen molar-refractivity contribution < 1.29 is 9.90 Å². The molecule has 1 aromatic rings. The number of hydrogen-bond acceptors (Lipinski definition) is 3. The van der Waals surface area contributed by atoms with Crippen LogP contribution in [0, 0.1) is 5.92 Å². The summed E-state index contributed by atoms with van der Waals surface area (Å²) in [5.74, 6) is 0.929. The molecule has 1 N–H and O–H groups in total. The Labute approximate surface area is 126 Å². The number of rotatable bonds is 4. The molecular weight excluding hydrogens is 266 g/mol. The number of nitrogens with zero attached hydrogens (tertiary/aromatic N) is 3. The standard InChI is InChI=1S/C16H25N3O2/c1-2-18-8-6-12(7-9-18)10-15-17-11-13-4-3-5-14(16(20)21)19(13)15/h11-12,14H,2-10H2,1H3,(H,20,21). The molecule has 116 valence electrons. The second-order valence-corrected chi connectivity index (χ2v) is 6.36. The van der Waals surface area contributed by atoms with E-state index in [2.05, 4.69) is 16.8 Å². The van der Waals surface area contributed by atoms with Gasteiger partial charge in [-0.3, -0.25) is 0 Å². The second kappa shape index (κ2) is 6.18. The van der Waals surface area contributed by atoms with E-state index in [0.29, 0.717) is 5.92 Å². The molecule has 0 saturated carbocycles. The van der Waals surface area contributed by atoms with Crippen LogP contribution in [0.3, 0.4) is 0 Å². The van der Waals surface area contributed by atoms with Gasteiger partial charge in [0.25, 0.3) is 0 Å². The van der Waals surface area contributed by atoms with Gasteiger partial charge in [-0.25, -0.2) is 9.78 Å². The normalized spacial score (nSPS) is 24.0. The number of carboxylic acids is 1. The molecule has 1 unspecified atom stereocenters. The van der Waals surface area contributed by atoms with Crippen LogP contribution in [0.2, 0.25) is 0 Å². The zero-order valence-electron chi connectivity index (χ0n) is 12.8. The van der Waals surface area contributed by atoms with Gasteiger partial charge in [-0.15, -0.1) is 0 Å². The number of hydrogen-bond donors (Lipinski definition) is 1. The molecule has 0 aliphatic carbocycles.